The first-order valence-corrected chi connectivity index (χ1v) is 11.9. The van der Waals surface area contributed by atoms with Crippen molar-refractivity contribution >= 4 is 15.9 Å². The molecule has 0 spiro atoms. The molecule has 1 saturated carbocycles. The van der Waals surface area contributed by atoms with Crippen molar-refractivity contribution < 1.29 is 22.7 Å². The third kappa shape index (κ3) is 5.57. The SMILES string of the molecule is COc1cccc(OC)c1CNC(=O)CN(C1CCCCC1)S(=O)(=O)c1ccccc1. The van der Waals surface area contributed by atoms with E-state index in [-0.39, 0.29) is 29.9 Å². The van der Waals surface area contributed by atoms with Crippen LogP contribution >= 0.6 is 0 Å². The van der Waals surface area contributed by atoms with Crippen molar-refractivity contribution in [2.45, 2.75) is 49.6 Å². The van der Waals surface area contributed by atoms with Crippen LogP contribution < -0.4 is 14.8 Å². The topological polar surface area (TPSA) is 84.9 Å². The molecule has 1 N–H and O–H groups in total. The summed E-state index contributed by atoms with van der Waals surface area (Å²) < 4.78 is 38.8. The van der Waals surface area contributed by atoms with E-state index in [1.54, 1.807) is 62.8 Å². The van der Waals surface area contributed by atoms with Crippen molar-refractivity contribution in [3.05, 3.63) is 54.1 Å². The number of carbonyl (C=O) groups is 1. The molecule has 3 rings (SSSR count). The Morgan fingerprint density at radius 2 is 1.58 bits per heavy atom. The van der Waals surface area contributed by atoms with Gasteiger partial charge in [0, 0.05) is 6.04 Å². The molecule has 31 heavy (non-hydrogen) atoms. The fourth-order valence-corrected chi connectivity index (χ4v) is 5.66. The Morgan fingerprint density at radius 1 is 0.968 bits per heavy atom. The van der Waals surface area contributed by atoms with Gasteiger partial charge in [-0.3, -0.25) is 4.79 Å². The molecule has 0 aromatic heterocycles. The first kappa shape index (κ1) is 23.1. The van der Waals surface area contributed by atoms with E-state index < -0.39 is 10.0 Å². The number of methoxy groups -OCH3 is 2. The van der Waals surface area contributed by atoms with Gasteiger partial charge in [-0.25, -0.2) is 8.42 Å². The van der Waals surface area contributed by atoms with E-state index in [1.807, 2.05) is 0 Å². The number of hydrogen-bond donors (Lipinski definition) is 1. The summed E-state index contributed by atoms with van der Waals surface area (Å²) in [7, 11) is -0.675. The average Bonchev–Trinajstić information content (AvgIpc) is 2.81. The van der Waals surface area contributed by atoms with Gasteiger partial charge < -0.3 is 14.8 Å². The molecule has 2 aromatic rings. The molecule has 1 amide bonds. The Balaban J connectivity index is 1.78. The van der Waals surface area contributed by atoms with Crippen LogP contribution in [0.4, 0.5) is 0 Å². The lowest BCUT2D eigenvalue weighted by atomic mass is 9.95. The molecule has 2 aromatic carbocycles. The standard InChI is InChI=1S/C23H30N2O5S/c1-29-21-14-9-15-22(30-2)20(21)16-24-23(26)17-25(18-10-5-3-6-11-18)31(27,28)19-12-7-4-8-13-19/h4,7-9,12-15,18H,3,5-6,10-11,16-17H2,1-2H3,(H,24,26). The third-order valence-electron chi connectivity index (χ3n) is 5.62. The summed E-state index contributed by atoms with van der Waals surface area (Å²) in [4.78, 5) is 13.1. The summed E-state index contributed by atoms with van der Waals surface area (Å²) in [6, 6.07) is 13.5. The van der Waals surface area contributed by atoms with Gasteiger partial charge >= 0.3 is 0 Å². The fourth-order valence-electron chi connectivity index (χ4n) is 3.99. The second-order valence-electron chi connectivity index (χ2n) is 7.57. The third-order valence-corrected chi connectivity index (χ3v) is 7.54. The molecule has 0 radical (unpaired) electrons. The molecular formula is C23H30N2O5S. The van der Waals surface area contributed by atoms with Gasteiger partial charge in [0.2, 0.25) is 15.9 Å². The Kier molecular flexibility index (Phi) is 7.92. The van der Waals surface area contributed by atoms with Crippen molar-refractivity contribution in [3.63, 3.8) is 0 Å². The normalized spacial score (nSPS) is 14.9. The molecule has 0 atom stereocenters. The summed E-state index contributed by atoms with van der Waals surface area (Å²) in [5.74, 6) is 0.833. The number of nitrogens with one attached hydrogen (secondary N) is 1. The van der Waals surface area contributed by atoms with Gasteiger partial charge in [-0.1, -0.05) is 43.5 Å². The minimum Gasteiger partial charge on any atom is -0.496 e. The summed E-state index contributed by atoms with van der Waals surface area (Å²) >= 11 is 0. The lowest BCUT2D eigenvalue weighted by molar-refractivity contribution is -0.121. The molecule has 7 nitrogen and oxygen atoms in total. The van der Waals surface area contributed by atoms with Crippen molar-refractivity contribution in [2.24, 2.45) is 0 Å². The number of benzene rings is 2. The molecule has 0 heterocycles. The van der Waals surface area contributed by atoms with Crippen LogP contribution in [0.5, 0.6) is 11.5 Å². The quantitative estimate of drug-likeness (QED) is 0.639. The van der Waals surface area contributed by atoms with Crippen LogP contribution in [0.25, 0.3) is 0 Å². The summed E-state index contributed by atoms with van der Waals surface area (Å²) in [5, 5.41) is 2.84. The second-order valence-corrected chi connectivity index (χ2v) is 9.46. The molecule has 168 valence electrons. The van der Waals surface area contributed by atoms with Crippen LogP contribution in [-0.2, 0) is 21.4 Å². The van der Waals surface area contributed by atoms with Gasteiger partial charge in [-0.05, 0) is 37.1 Å². The largest absolute Gasteiger partial charge is 0.496 e. The highest BCUT2D eigenvalue weighted by Crippen LogP contribution is 2.29. The number of amides is 1. The molecule has 1 aliphatic rings. The second kappa shape index (κ2) is 10.6. The minimum atomic E-state index is -3.78. The van der Waals surface area contributed by atoms with Gasteiger partial charge in [0.15, 0.2) is 0 Å². The monoisotopic (exact) mass is 446 g/mol. The highest BCUT2D eigenvalue weighted by molar-refractivity contribution is 7.89. The smallest absolute Gasteiger partial charge is 0.243 e. The molecule has 1 fully saturated rings. The van der Waals surface area contributed by atoms with Crippen LogP contribution in [0.2, 0.25) is 0 Å². The Labute approximate surface area is 184 Å². The van der Waals surface area contributed by atoms with Crippen LogP contribution in [0.1, 0.15) is 37.7 Å². The van der Waals surface area contributed by atoms with Crippen molar-refractivity contribution in [2.75, 3.05) is 20.8 Å². The molecule has 0 bridgehead atoms. The number of sulfonamides is 1. The first-order chi connectivity index (χ1) is 15.0. The molecule has 0 unspecified atom stereocenters. The van der Waals surface area contributed by atoms with E-state index in [0.29, 0.717) is 17.1 Å². The molecule has 0 aliphatic heterocycles. The van der Waals surface area contributed by atoms with Gasteiger partial charge in [-0.15, -0.1) is 0 Å². The van der Waals surface area contributed by atoms with Gasteiger partial charge in [0.25, 0.3) is 0 Å². The van der Waals surface area contributed by atoms with Crippen LogP contribution in [0, 0.1) is 0 Å². The Morgan fingerprint density at radius 3 is 2.16 bits per heavy atom. The van der Waals surface area contributed by atoms with Crippen LogP contribution in [0.15, 0.2) is 53.4 Å². The minimum absolute atomic E-state index is 0.175. The lowest BCUT2D eigenvalue weighted by Gasteiger charge is -2.33. The molecule has 1 aliphatic carbocycles. The summed E-state index contributed by atoms with van der Waals surface area (Å²) in [5.41, 5.74) is 0.705. The molecular weight excluding hydrogens is 416 g/mol. The maximum Gasteiger partial charge on any atom is 0.243 e. The maximum atomic E-state index is 13.3. The van der Waals surface area contributed by atoms with Gasteiger partial charge in [0.1, 0.15) is 11.5 Å². The van der Waals surface area contributed by atoms with E-state index in [9.17, 15) is 13.2 Å². The lowest BCUT2D eigenvalue weighted by Crippen LogP contribution is -2.46. The van der Waals surface area contributed by atoms with E-state index in [4.69, 9.17) is 9.47 Å². The predicted octanol–water partition coefficient (Wildman–Crippen LogP) is 3.34. The zero-order chi connectivity index (χ0) is 22.3. The average molecular weight is 447 g/mol. The number of hydrogen-bond acceptors (Lipinski definition) is 5. The number of carbonyl (C=O) groups excluding carboxylic acids is 1. The highest BCUT2D eigenvalue weighted by atomic mass is 32.2. The van der Waals surface area contributed by atoms with E-state index in [2.05, 4.69) is 5.32 Å². The van der Waals surface area contributed by atoms with Gasteiger partial charge in [0.05, 0.1) is 37.8 Å². The van der Waals surface area contributed by atoms with Crippen LogP contribution in [-0.4, -0.2) is 45.4 Å². The first-order valence-electron chi connectivity index (χ1n) is 10.5. The van der Waals surface area contributed by atoms with E-state index >= 15 is 0 Å². The predicted molar refractivity (Wildman–Crippen MR) is 119 cm³/mol. The number of rotatable bonds is 9. The van der Waals surface area contributed by atoms with Gasteiger partial charge in [-0.2, -0.15) is 4.31 Å². The zero-order valence-corrected chi connectivity index (χ0v) is 18.9. The van der Waals surface area contributed by atoms with Crippen molar-refractivity contribution in [1.29, 1.82) is 0 Å². The summed E-state index contributed by atoms with van der Waals surface area (Å²) in [6.07, 6.45) is 4.55. The zero-order valence-electron chi connectivity index (χ0n) is 18.0. The molecule has 8 heteroatoms. The van der Waals surface area contributed by atoms with E-state index in [1.165, 1.54) is 4.31 Å². The maximum absolute atomic E-state index is 13.3. The van der Waals surface area contributed by atoms with Crippen LogP contribution in [0.3, 0.4) is 0 Å². The van der Waals surface area contributed by atoms with Crippen molar-refractivity contribution in [3.8, 4) is 11.5 Å². The summed E-state index contributed by atoms with van der Waals surface area (Å²) in [6.45, 7) is -0.0464. The number of ether oxygens (including phenoxy) is 2. The Hall–Kier alpha value is -2.58. The molecule has 0 saturated heterocycles. The highest BCUT2D eigenvalue weighted by Gasteiger charge is 2.33. The number of nitrogens with zero attached hydrogens (tertiary/aromatic N) is 1. The Bertz CT molecular complexity index is 950. The fraction of sp³-hybridized carbons (Fsp3) is 0.435. The van der Waals surface area contributed by atoms with Crippen molar-refractivity contribution in [1.82, 2.24) is 9.62 Å². The van der Waals surface area contributed by atoms with E-state index in [0.717, 1.165) is 32.1 Å².